The second kappa shape index (κ2) is 27.7. The Hall–Kier alpha value is 3.06. The van der Waals surface area contributed by atoms with Crippen LogP contribution in [0.2, 0.25) is 0 Å². The van der Waals surface area contributed by atoms with Crippen molar-refractivity contribution in [2.24, 2.45) is 0 Å². The molecular weight excluding hydrogens is 167 g/mol. The van der Waals surface area contributed by atoms with Crippen molar-refractivity contribution < 1.29 is 17.1 Å². The summed E-state index contributed by atoms with van der Waals surface area (Å²) in [6.07, 6.45) is 0. The smallest absolute Gasteiger partial charge is 1.00 e. The van der Waals surface area contributed by atoms with Crippen molar-refractivity contribution in [3.05, 3.63) is 0 Å². The standard InChI is InChI=1S/2Ca.ClO.ClH/c;;1-2;/h;;;1H/q2*+2;-1;/p-1. The Balaban J connectivity index is -0.00000000167. The van der Waals surface area contributed by atoms with Crippen LogP contribution in [0.5, 0.6) is 0 Å². The molecular formula is Ca2Cl2O+2. The Morgan fingerprint density at radius 1 is 1.00 bits per heavy atom. The summed E-state index contributed by atoms with van der Waals surface area (Å²) in [5, 5.41) is 0. The quantitative estimate of drug-likeness (QED) is 0.335. The van der Waals surface area contributed by atoms with E-state index < -0.39 is 0 Å². The molecule has 0 radical (unpaired) electrons. The number of hydrogen-bond donors (Lipinski definition) is 0. The zero-order valence-corrected chi connectivity index (χ0v) is 8.51. The Bertz CT molecular complexity index is 7.61. The third kappa shape index (κ3) is 19.3. The van der Waals surface area contributed by atoms with Crippen LogP contribution in [-0.4, -0.2) is 75.5 Å². The molecule has 0 aliphatic rings. The zero-order valence-electron chi connectivity index (χ0n) is 2.58. The van der Waals surface area contributed by atoms with E-state index in [0.717, 1.165) is 0 Å². The summed E-state index contributed by atoms with van der Waals surface area (Å²) < 4.78 is 7.72. The topological polar surface area (TPSA) is 23.1 Å². The number of rotatable bonds is 0. The van der Waals surface area contributed by atoms with Crippen LogP contribution in [0, 0.1) is 0 Å². The average molecular weight is 167 g/mol. The van der Waals surface area contributed by atoms with E-state index >= 15 is 0 Å². The minimum Gasteiger partial charge on any atom is -1.00 e. The van der Waals surface area contributed by atoms with Gasteiger partial charge in [0.05, 0.1) is 0 Å². The summed E-state index contributed by atoms with van der Waals surface area (Å²) in [6, 6.07) is 0. The molecule has 0 atom stereocenters. The maximum Gasteiger partial charge on any atom is 2.00 e. The second-order valence-corrected chi connectivity index (χ2v) is 0. The van der Waals surface area contributed by atoms with Crippen molar-refractivity contribution in [2.75, 3.05) is 0 Å². The van der Waals surface area contributed by atoms with Gasteiger partial charge in [-0.2, -0.15) is 0 Å². The fourth-order valence-electron chi connectivity index (χ4n) is 0. The van der Waals surface area contributed by atoms with Crippen LogP contribution in [-0.2, 0) is 0 Å². The molecule has 0 saturated heterocycles. The fourth-order valence-corrected chi connectivity index (χ4v) is 0. The molecule has 0 spiro atoms. The Morgan fingerprint density at radius 3 is 1.00 bits per heavy atom. The van der Waals surface area contributed by atoms with Crippen LogP contribution >= 0.6 is 11.9 Å². The summed E-state index contributed by atoms with van der Waals surface area (Å²) in [5.41, 5.74) is 0. The van der Waals surface area contributed by atoms with E-state index in [1.165, 1.54) is 0 Å². The van der Waals surface area contributed by atoms with Crippen LogP contribution < -0.4 is 17.1 Å². The van der Waals surface area contributed by atoms with Gasteiger partial charge >= 0.3 is 75.5 Å². The van der Waals surface area contributed by atoms with E-state index in [0.29, 0.717) is 0 Å². The van der Waals surface area contributed by atoms with E-state index in [1.54, 1.807) is 0 Å². The molecule has 22 valence electrons. The Morgan fingerprint density at radius 2 is 1.00 bits per heavy atom. The molecule has 0 bridgehead atoms. The predicted molar refractivity (Wildman–Crippen MR) is 17.4 cm³/mol. The summed E-state index contributed by atoms with van der Waals surface area (Å²) in [5.74, 6) is 0. The predicted octanol–water partition coefficient (Wildman–Crippen LogP) is -4.26. The molecule has 5 heavy (non-hydrogen) atoms. The van der Waals surface area contributed by atoms with E-state index in [-0.39, 0.29) is 87.9 Å². The van der Waals surface area contributed by atoms with Crippen molar-refractivity contribution in [3.63, 3.8) is 0 Å². The average Bonchev–Trinajstić information content (AvgIpc) is 1.00. The normalized spacial score (nSPS) is 1.20. The molecule has 0 aliphatic carbocycles. The maximum absolute atomic E-state index is 7.72. The number of hydrogen-bond acceptors (Lipinski definition) is 1. The molecule has 0 amide bonds. The molecule has 1 nitrogen and oxygen atoms in total. The minimum atomic E-state index is 0. The zero-order chi connectivity index (χ0) is 2.00. The third-order valence-corrected chi connectivity index (χ3v) is 0. The van der Waals surface area contributed by atoms with Crippen LogP contribution in [0.4, 0.5) is 0 Å². The molecule has 0 unspecified atom stereocenters. The van der Waals surface area contributed by atoms with Gasteiger partial charge in [-0.3, -0.25) is 0 Å². The van der Waals surface area contributed by atoms with E-state index in [2.05, 4.69) is 11.9 Å². The van der Waals surface area contributed by atoms with Gasteiger partial charge < -0.3 is 17.1 Å². The molecule has 0 aromatic carbocycles. The summed E-state index contributed by atoms with van der Waals surface area (Å²) >= 11 is 3.39. The van der Waals surface area contributed by atoms with Crippen molar-refractivity contribution >= 4 is 87.3 Å². The van der Waals surface area contributed by atoms with Crippen molar-refractivity contribution in [1.82, 2.24) is 0 Å². The van der Waals surface area contributed by atoms with Crippen LogP contribution in [0.15, 0.2) is 0 Å². The van der Waals surface area contributed by atoms with Crippen LogP contribution in [0.25, 0.3) is 0 Å². The molecule has 0 rings (SSSR count). The van der Waals surface area contributed by atoms with Crippen LogP contribution in [0.3, 0.4) is 0 Å². The van der Waals surface area contributed by atoms with Gasteiger partial charge in [0.15, 0.2) is 0 Å². The SMILES string of the molecule is [Ca+2].[Ca+2].[Cl-].[O-]Cl. The summed E-state index contributed by atoms with van der Waals surface area (Å²) in [6.45, 7) is 0. The fraction of sp³-hybridized carbons (Fsp3) is 0. The Labute approximate surface area is 102 Å². The molecule has 0 saturated carbocycles. The van der Waals surface area contributed by atoms with Gasteiger partial charge in [0.1, 0.15) is 0 Å². The molecule has 0 aromatic heterocycles. The van der Waals surface area contributed by atoms with Gasteiger partial charge in [-0.15, -0.1) is 0 Å². The van der Waals surface area contributed by atoms with Gasteiger partial charge in [-0.1, -0.05) is 0 Å². The van der Waals surface area contributed by atoms with Gasteiger partial charge in [0, 0.05) is 0 Å². The molecule has 0 fully saturated rings. The van der Waals surface area contributed by atoms with Gasteiger partial charge in [-0.05, 0) is 0 Å². The van der Waals surface area contributed by atoms with Crippen molar-refractivity contribution in [2.45, 2.75) is 0 Å². The first kappa shape index (κ1) is 24.4. The Kier molecular flexibility index (Phi) is 135. The van der Waals surface area contributed by atoms with E-state index in [1.807, 2.05) is 0 Å². The first-order valence-corrected chi connectivity index (χ1v) is 0.463. The summed E-state index contributed by atoms with van der Waals surface area (Å²) in [4.78, 5) is 0. The maximum atomic E-state index is 7.72. The monoisotopic (exact) mass is 166 g/mol. The van der Waals surface area contributed by atoms with E-state index in [4.69, 9.17) is 4.66 Å². The van der Waals surface area contributed by atoms with Crippen LogP contribution in [0.1, 0.15) is 0 Å². The molecule has 0 aromatic rings. The molecule has 0 N–H and O–H groups in total. The van der Waals surface area contributed by atoms with Gasteiger partial charge in [0.2, 0.25) is 0 Å². The molecule has 5 heteroatoms. The van der Waals surface area contributed by atoms with Gasteiger partial charge in [0.25, 0.3) is 0 Å². The number of halogens is 2. The first-order valence-electron chi connectivity index (χ1n) is 0.154. The third-order valence-electron chi connectivity index (χ3n) is 0. The van der Waals surface area contributed by atoms with E-state index in [9.17, 15) is 0 Å². The first-order chi connectivity index (χ1) is 1.00. The largest absolute Gasteiger partial charge is 2.00 e. The minimum absolute atomic E-state index is 0. The molecule has 0 heterocycles. The second-order valence-electron chi connectivity index (χ2n) is 0. The van der Waals surface area contributed by atoms with Gasteiger partial charge in [-0.25, -0.2) is 11.9 Å². The van der Waals surface area contributed by atoms with Crippen molar-refractivity contribution in [3.8, 4) is 0 Å². The summed E-state index contributed by atoms with van der Waals surface area (Å²) in [7, 11) is 0. The van der Waals surface area contributed by atoms with Crippen molar-refractivity contribution in [1.29, 1.82) is 0 Å². The molecule has 0 aliphatic heterocycles.